The van der Waals surface area contributed by atoms with Gasteiger partial charge >= 0.3 is 0 Å². The summed E-state index contributed by atoms with van der Waals surface area (Å²) in [5, 5.41) is 0. The monoisotopic (exact) mass is 370 g/mol. The van der Waals surface area contributed by atoms with Crippen molar-refractivity contribution in [1.29, 1.82) is 0 Å². The minimum absolute atomic E-state index is 0.143. The average Bonchev–Trinajstić information content (AvgIpc) is 2.56. The van der Waals surface area contributed by atoms with Gasteiger partial charge in [0.05, 0.1) is 4.90 Å². The van der Waals surface area contributed by atoms with Crippen molar-refractivity contribution in [2.45, 2.75) is 44.7 Å². The number of rotatable bonds is 2. The third kappa shape index (κ3) is 2.70. The Morgan fingerprint density at radius 1 is 1.04 bits per heavy atom. The molecule has 0 aliphatic carbocycles. The van der Waals surface area contributed by atoms with Gasteiger partial charge in [0.15, 0.2) is 0 Å². The average molecular weight is 371 g/mol. The van der Waals surface area contributed by atoms with E-state index in [-0.39, 0.29) is 6.04 Å². The topological polar surface area (TPSA) is 40.6 Å². The van der Waals surface area contributed by atoms with Crippen LogP contribution < -0.4 is 0 Å². The summed E-state index contributed by atoms with van der Waals surface area (Å²) in [4.78, 5) is 2.77. The third-order valence-electron chi connectivity index (χ3n) is 5.81. The SMILES string of the molecule is Cc1cc(C)c(S(=O)(=O)N2Cc3cccc4c3C(C2)N(C)CC4)c(C)c1. The fraction of sp³-hybridized carbons (Fsp3) is 0.429. The molecule has 2 heterocycles. The highest BCUT2D eigenvalue weighted by molar-refractivity contribution is 7.89. The van der Waals surface area contributed by atoms with Crippen molar-refractivity contribution in [1.82, 2.24) is 9.21 Å². The standard InChI is InChI=1S/C21H26N2O2S/c1-14-10-15(2)21(16(3)11-14)26(24,25)23-12-18-7-5-6-17-8-9-22(4)19(13-23)20(17)18/h5-7,10-11,19H,8-9,12-13H2,1-4H3. The van der Waals surface area contributed by atoms with Crippen molar-refractivity contribution < 1.29 is 8.42 Å². The molecule has 26 heavy (non-hydrogen) atoms. The highest BCUT2D eigenvalue weighted by atomic mass is 32.2. The molecule has 0 bridgehead atoms. The summed E-state index contributed by atoms with van der Waals surface area (Å²) >= 11 is 0. The lowest BCUT2D eigenvalue weighted by Crippen LogP contribution is -2.46. The molecular formula is C21H26N2O2S. The molecule has 138 valence electrons. The fourth-order valence-corrected chi connectivity index (χ4v) is 6.52. The van der Waals surface area contributed by atoms with Gasteiger partial charge < -0.3 is 0 Å². The Kier molecular flexibility index (Phi) is 4.21. The zero-order valence-corrected chi connectivity index (χ0v) is 16.7. The van der Waals surface area contributed by atoms with Gasteiger partial charge in [-0.2, -0.15) is 4.31 Å². The molecule has 2 aromatic carbocycles. The quantitative estimate of drug-likeness (QED) is 0.814. The van der Waals surface area contributed by atoms with Crippen LogP contribution >= 0.6 is 0 Å². The van der Waals surface area contributed by atoms with Crippen molar-refractivity contribution in [3.63, 3.8) is 0 Å². The minimum Gasteiger partial charge on any atom is -0.298 e. The van der Waals surface area contributed by atoms with Gasteiger partial charge in [0.1, 0.15) is 0 Å². The van der Waals surface area contributed by atoms with E-state index in [2.05, 4.69) is 30.1 Å². The van der Waals surface area contributed by atoms with Crippen molar-refractivity contribution in [3.05, 3.63) is 63.7 Å². The zero-order chi connectivity index (χ0) is 18.6. The summed E-state index contributed by atoms with van der Waals surface area (Å²) in [7, 11) is -1.43. The molecular weight excluding hydrogens is 344 g/mol. The fourth-order valence-electron chi connectivity index (χ4n) is 4.69. The first-order valence-electron chi connectivity index (χ1n) is 9.18. The molecule has 0 radical (unpaired) electrons. The lowest BCUT2D eigenvalue weighted by atomic mass is 9.86. The summed E-state index contributed by atoms with van der Waals surface area (Å²) in [5.74, 6) is 0. The van der Waals surface area contributed by atoms with Crippen molar-refractivity contribution >= 4 is 10.0 Å². The van der Waals surface area contributed by atoms with Crippen molar-refractivity contribution in [2.75, 3.05) is 20.1 Å². The van der Waals surface area contributed by atoms with E-state index in [1.165, 1.54) is 11.1 Å². The Labute approximate surface area is 156 Å². The summed E-state index contributed by atoms with van der Waals surface area (Å²) in [6.07, 6.45) is 1.04. The normalized spacial score (nSPS) is 20.8. The number of benzene rings is 2. The van der Waals surface area contributed by atoms with Gasteiger partial charge in [-0.1, -0.05) is 35.9 Å². The molecule has 4 rings (SSSR count). The van der Waals surface area contributed by atoms with Crippen LogP contribution in [0.15, 0.2) is 35.2 Å². The number of nitrogens with zero attached hydrogens (tertiary/aromatic N) is 2. The Hall–Kier alpha value is -1.69. The van der Waals surface area contributed by atoms with Gasteiger partial charge in [0.25, 0.3) is 0 Å². The van der Waals surface area contributed by atoms with Crippen molar-refractivity contribution in [3.8, 4) is 0 Å². The van der Waals surface area contributed by atoms with Gasteiger partial charge in [0, 0.05) is 25.7 Å². The maximum atomic E-state index is 13.5. The zero-order valence-electron chi connectivity index (χ0n) is 15.9. The Morgan fingerprint density at radius 2 is 1.69 bits per heavy atom. The Bertz CT molecular complexity index is 958. The van der Waals surface area contributed by atoms with Crippen LogP contribution in [0.25, 0.3) is 0 Å². The highest BCUT2D eigenvalue weighted by Gasteiger charge is 2.38. The maximum Gasteiger partial charge on any atom is 0.243 e. The van der Waals surface area contributed by atoms with Gasteiger partial charge in [-0.25, -0.2) is 8.42 Å². The molecule has 1 atom stereocenters. The second kappa shape index (κ2) is 6.19. The van der Waals surface area contributed by atoms with Crippen LogP contribution in [0.4, 0.5) is 0 Å². The van der Waals surface area contributed by atoms with E-state index >= 15 is 0 Å². The molecule has 1 unspecified atom stereocenters. The van der Waals surface area contributed by atoms with E-state index < -0.39 is 10.0 Å². The van der Waals surface area contributed by atoms with Gasteiger partial charge in [-0.05, 0) is 62.1 Å². The van der Waals surface area contributed by atoms with E-state index in [1.807, 2.05) is 32.9 Å². The predicted molar refractivity (Wildman–Crippen MR) is 104 cm³/mol. The molecule has 0 saturated heterocycles. The van der Waals surface area contributed by atoms with Crippen LogP contribution in [0.3, 0.4) is 0 Å². The summed E-state index contributed by atoms with van der Waals surface area (Å²) in [6, 6.07) is 10.4. The predicted octanol–water partition coefficient (Wildman–Crippen LogP) is 3.35. The van der Waals surface area contributed by atoms with Crippen LogP contribution in [-0.2, 0) is 23.0 Å². The number of sulfonamides is 1. The lowest BCUT2D eigenvalue weighted by Gasteiger charge is -2.42. The van der Waals surface area contributed by atoms with Gasteiger partial charge in [0.2, 0.25) is 10.0 Å². The number of hydrogen-bond donors (Lipinski definition) is 0. The maximum absolute atomic E-state index is 13.5. The van der Waals surface area contributed by atoms with Gasteiger partial charge in [-0.15, -0.1) is 0 Å². The first-order valence-corrected chi connectivity index (χ1v) is 10.6. The van der Waals surface area contributed by atoms with E-state index in [9.17, 15) is 8.42 Å². The van der Waals surface area contributed by atoms with Crippen LogP contribution in [0, 0.1) is 20.8 Å². The molecule has 2 aliphatic heterocycles. The second-order valence-electron chi connectivity index (χ2n) is 7.76. The molecule has 0 fully saturated rings. The lowest BCUT2D eigenvalue weighted by molar-refractivity contribution is 0.178. The van der Waals surface area contributed by atoms with Gasteiger partial charge in [-0.3, -0.25) is 4.90 Å². The third-order valence-corrected chi connectivity index (χ3v) is 7.93. The van der Waals surface area contributed by atoms with E-state index in [0.29, 0.717) is 18.0 Å². The summed E-state index contributed by atoms with van der Waals surface area (Å²) in [6.45, 7) is 7.76. The first kappa shape index (κ1) is 17.7. The Balaban J connectivity index is 1.80. The number of hydrogen-bond acceptors (Lipinski definition) is 3. The van der Waals surface area contributed by atoms with Crippen LogP contribution in [0.1, 0.15) is 39.4 Å². The van der Waals surface area contributed by atoms with E-state index in [4.69, 9.17) is 0 Å². The molecule has 2 aromatic rings. The molecule has 0 aromatic heterocycles. The van der Waals surface area contributed by atoms with Crippen LogP contribution in [-0.4, -0.2) is 37.8 Å². The van der Waals surface area contributed by atoms with E-state index in [1.54, 1.807) is 4.31 Å². The molecule has 2 aliphatic rings. The molecule has 5 heteroatoms. The largest absolute Gasteiger partial charge is 0.298 e. The number of likely N-dealkylation sites (N-methyl/N-ethyl adjacent to an activating group) is 1. The Morgan fingerprint density at radius 3 is 2.38 bits per heavy atom. The van der Waals surface area contributed by atoms with E-state index in [0.717, 1.165) is 35.2 Å². The minimum atomic E-state index is -3.53. The number of aryl methyl sites for hydroxylation is 3. The molecule has 0 saturated carbocycles. The van der Waals surface area contributed by atoms with Crippen LogP contribution in [0.5, 0.6) is 0 Å². The summed E-state index contributed by atoms with van der Waals surface area (Å²) in [5.41, 5.74) is 6.64. The summed E-state index contributed by atoms with van der Waals surface area (Å²) < 4.78 is 28.7. The first-order chi connectivity index (χ1) is 12.3. The molecule has 4 nitrogen and oxygen atoms in total. The molecule has 0 amide bonds. The van der Waals surface area contributed by atoms with Crippen molar-refractivity contribution in [2.24, 2.45) is 0 Å². The molecule has 0 spiro atoms. The molecule has 0 N–H and O–H groups in total. The highest BCUT2D eigenvalue weighted by Crippen LogP contribution is 2.39. The van der Waals surface area contributed by atoms with Crippen LogP contribution in [0.2, 0.25) is 0 Å². The second-order valence-corrected chi connectivity index (χ2v) is 9.64. The smallest absolute Gasteiger partial charge is 0.243 e.